The lowest BCUT2D eigenvalue weighted by Gasteiger charge is -2.56. The molecule has 1 saturated heterocycles. The van der Waals surface area contributed by atoms with Gasteiger partial charge in [-0.3, -0.25) is 38.7 Å². The first-order chi connectivity index (χ1) is 22.0. The Morgan fingerprint density at radius 3 is 2.43 bits per heavy atom. The third-order valence-corrected chi connectivity index (χ3v) is 8.57. The van der Waals surface area contributed by atoms with Crippen LogP contribution in [-0.4, -0.2) is 122 Å². The number of nitrogens with one attached hydrogen (secondary N) is 3. The Labute approximate surface area is 273 Å². The lowest BCUT2D eigenvalue weighted by molar-refractivity contribution is -0.162. The molecule has 4 amide bonds. The van der Waals surface area contributed by atoms with Gasteiger partial charge in [0.05, 0.1) is 24.6 Å². The van der Waals surface area contributed by atoms with Crippen LogP contribution in [0.4, 0.5) is 0 Å². The zero-order valence-electron chi connectivity index (χ0n) is 25.5. The number of thioether (sulfide) groups is 1. The number of nitrogens with zero attached hydrogens (tertiary/aromatic N) is 2. The van der Waals surface area contributed by atoms with E-state index in [2.05, 4.69) is 20.9 Å². The highest BCUT2D eigenvalue weighted by Gasteiger charge is 2.66. The van der Waals surface area contributed by atoms with Crippen LogP contribution in [0.3, 0.4) is 0 Å². The van der Waals surface area contributed by atoms with E-state index < -0.39 is 89.6 Å². The Kier molecular flexibility index (Phi) is 14.4. The van der Waals surface area contributed by atoms with Crippen molar-refractivity contribution >= 4 is 59.8 Å². The van der Waals surface area contributed by atoms with Gasteiger partial charge in [0, 0.05) is 24.3 Å². The number of carbonyl (C=O) groups is 7. The van der Waals surface area contributed by atoms with Crippen molar-refractivity contribution in [2.24, 2.45) is 27.9 Å². The van der Waals surface area contributed by atoms with Crippen molar-refractivity contribution in [2.45, 2.75) is 80.7 Å². The zero-order chi connectivity index (χ0) is 35.5. The molecule has 2 heterocycles. The Bertz CT molecular complexity index is 1290. The molecule has 2 aliphatic heterocycles. The number of hydrogen-bond acceptors (Lipinski definition) is 13. The van der Waals surface area contributed by atoms with Gasteiger partial charge in [-0.2, -0.15) is 0 Å². The number of aliphatic imine (C=N–C) groups is 1. The van der Waals surface area contributed by atoms with Gasteiger partial charge in [-0.05, 0) is 32.6 Å². The Hall–Kier alpha value is -4.47. The fourth-order valence-electron chi connectivity index (χ4n) is 4.73. The SMILES string of the molecule is C[C@@H](N)C(=O)N[C@@H](CCCN=C(N)N)[C@@H](O)CC(=O)OCC1=C(C(=O)O)N2C(=O)[C@](NC=O)(NC(=O)CCC[C@@H](N)C(=O)O)[C@@H]2SC1. The van der Waals surface area contributed by atoms with Crippen molar-refractivity contribution in [2.75, 3.05) is 18.9 Å². The van der Waals surface area contributed by atoms with Crippen LogP contribution >= 0.6 is 11.8 Å². The van der Waals surface area contributed by atoms with Crippen molar-refractivity contribution in [1.82, 2.24) is 20.9 Å². The first kappa shape index (κ1) is 38.7. The fraction of sp³-hybridized carbons (Fsp3) is 0.615. The Morgan fingerprint density at radius 1 is 1.17 bits per heavy atom. The molecule has 2 rings (SSSR count). The summed E-state index contributed by atoms with van der Waals surface area (Å²) in [4.78, 5) is 89.9. The molecule has 0 unspecified atom stereocenters. The minimum absolute atomic E-state index is 0.0260. The first-order valence-corrected chi connectivity index (χ1v) is 15.5. The molecule has 0 radical (unpaired) electrons. The van der Waals surface area contributed by atoms with Crippen LogP contribution in [0, 0.1) is 0 Å². The van der Waals surface area contributed by atoms with E-state index >= 15 is 0 Å². The van der Waals surface area contributed by atoms with Crippen LogP contribution in [0.1, 0.15) is 45.4 Å². The summed E-state index contributed by atoms with van der Waals surface area (Å²) in [5.74, 6) is -6.21. The molecule has 20 nitrogen and oxygen atoms in total. The average Bonchev–Trinajstić information content (AvgIpc) is 2.99. The number of hydrogen-bond donors (Lipinski definition) is 10. The maximum Gasteiger partial charge on any atom is 0.352 e. The molecule has 6 atom stereocenters. The molecule has 47 heavy (non-hydrogen) atoms. The van der Waals surface area contributed by atoms with Crippen LogP contribution in [0.2, 0.25) is 0 Å². The van der Waals surface area contributed by atoms with Crippen molar-refractivity contribution in [3.8, 4) is 0 Å². The predicted molar refractivity (Wildman–Crippen MR) is 164 cm³/mol. The van der Waals surface area contributed by atoms with Crippen molar-refractivity contribution in [1.29, 1.82) is 0 Å². The lowest BCUT2D eigenvalue weighted by Crippen LogP contribution is -2.85. The molecule has 262 valence electrons. The van der Waals surface area contributed by atoms with E-state index in [1.165, 1.54) is 6.92 Å². The molecule has 21 heteroatoms. The molecular formula is C26H41N9O11S. The molecule has 0 aromatic rings. The predicted octanol–water partition coefficient (Wildman–Crippen LogP) is -4.44. The van der Waals surface area contributed by atoms with Crippen LogP contribution in [0.25, 0.3) is 0 Å². The summed E-state index contributed by atoms with van der Waals surface area (Å²) in [6.07, 6.45) is -1.51. The maximum atomic E-state index is 13.3. The second-order valence-electron chi connectivity index (χ2n) is 10.8. The number of guanidine groups is 1. The molecule has 0 spiro atoms. The van der Waals surface area contributed by atoms with Gasteiger partial charge in [0.1, 0.15) is 23.7 Å². The van der Waals surface area contributed by atoms with Crippen LogP contribution in [-0.2, 0) is 38.3 Å². The summed E-state index contributed by atoms with van der Waals surface area (Å²) in [6, 6.07) is -3.01. The smallest absolute Gasteiger partial charge is 0.352 e. The Morgan fingerprint density at radius 2 is 1.85 bits per heavy atom. The van der Waals surface area contributed by atoms with Crippen molar-refractivity contribution in [3.05, 3.63) is 11.3 Å². The number of nitrogens with two attached hydrogens (primary N) is 4. The Balaban J connectivity index is 2.10. The molecule has 0 aromatic heterocycles. The monoisotopic (exact) mass is 687 g/mol. The van der Waals surface area contributed by atoms with E-state index in [1.54, 1.807) is 0 Å². The van der Waals surface area contributed by atoms with Crippen LogP contribution in [0.5, 0.6) is 0 Å². The highest BCUT2D eigenvalue weighted by atomic mass is 32.2. The highest BCUT2D eigenvalue weighted by Crippen LogP contribution is 2.45. The molecule has 2 aliphatic rings. The van der Waals surface area contributed by atoms with Gasteiger partial charge in [0.25, 0.3) is 5.91 Å². The minimum atomic E-state index is -1.98. The summed E-state index contributed by atoms with van der Waals surface area (Å²) in [6.45, 7) is 1.06. The highest BCUT2D eigenvalue weighted by molar-refractivity contribution is 8.00. The largest absolute Gasteiger partial charge is 0.480 e. The molecule has 1 fully saturated rings. The van der Waals surface area contributed by atoms with Gasteiger partial charge in [-0.1, -0.05) is 0 Å². The fourth-order valence-corrected chi connectivity index (χ4v) is 6.14. The number of aliphatic hydroxyl groups is 1. The third kappa shape index (κ3) is 10.3. The van der Waals surface area contributed by atoms with Gasteiger partial charge < -0.3 is 58.9 Å². The number of aliphatic carboxylic acids is 2. The zero-order valence-corrected chi connectivity index (χ0v) is 26.4. The summed E-state index contributed by atoms with van der Waals surface area (Å²) in [7, 11) is 0. The number of β-lactam (4-membered cyclic amide) rings is 1. The van der Waals surface area contributed by atoms with Crippen LogP contribution in [0.15, 0.2) is 16.3 Å². The first-order valence-electron chi connectivity index (χ1n) is 14.4. The van der Waals surface area contributed by atoms with E-state index in [0.29, 0.717) is 6.42 Å². The summed E-state index contributed by atoms with van der Waals surface area (Å²) < 4.78 is 5.22. The quantitative estimate of drug-likeness (QED) is 0.0110. The van der Waals surface area contributed by atoms with Crippen molar-refractivity contribution in [3.63, 3.8) is 0 Å². The number of rotatable bonds is 20. The van der Waals surface area contributed by atoms with E-state index in [0.717, 1.165) is 16.7 Å². The number of amides is 4. The molecule has 14 N–H and O–H groups in total. The molecule has 0 aromatic carbocycles. The van der Waals surface area contributed by atoms with Crippen molar-refractivity contribution < 1.29 is 53.6 Å². The summed E-state index contributed by atoms with van der Waals surface area (Å²) in [5, 5.41) is 35.7. The van der Waals surface area contributed by atoms with E-state index in [4.69, 9.17) is 32.8 Å². The number of esters is 1. The second kappa shape index (κ2) is 17.4. The number of aliphatic hydroxyl groups excluding tert-OH is 1. The molecule has 0 saturated carbocycles. The summed E-state index contributed by atoms with van der Waals surface area (Å²) >= 11 is 0.982. The van der Waals surface area contributed by atoms with Gasteiger partial charge in [-0.15, -0.1) is 11.8 Å². The van der Waals surface area contributed by atoms with E-state index in [-0.39, 0.29) is 55.9 Å². The topological polar surface area (TPSA) is 345 Å². The average molecular weight is 688 g/mol. The maximum absolute atomic E-state index is 13.3. The van der Waals surface area contributed by atoms with Gasteiger partial charge >= 0.3 is 17.9 Å². The van der Waals surface area contributed by atoms with Gasteiger partial charge in [0.15, 0.2) is 5.96 Å². The molecule has 0 aliphatic carbocycles. The minimum Gasteiger partial charge on any atom is -0.480 e. The number of carboxylic acid groups (broad SMARTS) is 2. The number of fused-ring (bicyclic) bond motifs is 1. The summed E-state index contributed by atoms with van der Waals surface area (Å²) in [5.41, 5.74) is 19.2. The molecule has 0 bridgehead atoms. The van der Waals surface area contributed by atoms with Gasteiger partial charge in [-0.25, -0.2) is 4.79 Å². The lowest BCUT2D eigenvalue weighted by atomic mass is 9.94. The van der Waals surface area contributed by atoms with Crippen LogP contribution < -0.4 is 38.9 Å². The van der Waals surface area contributed by atoms with E-state index in [1.807, 2.05) is 0 Å². The normalized spacial score (nSPS) is 21.1. The molecular weight excluding hydrogens is 646 g/mol. The second-order valence-corrected chi connectivity index (χ2v) is 11.9. The van der Waals surface area contributed by atoms with Gasteiger partial charge in [0.2, 0.25) is 23.9 Å². The van der Waals surface area contributed by atoms with E-state index in [9.17, 15) is 43.8 Å². The third-order valence-electron chi connectivity index (χ3n) is 7.17. The number of carboxylic acids is 2. The standard InChI is InChI=1S/C26H41N9O11S/c1-12(27)20(40)33-15(5-3-7-31-25(29)30)16(37)8-18(39)46-9-13-10-47-24-26(32-11-36,23(45)35(24)19(13)22(43)44)34-17(38)6-2-4-14(28)21(41)42/h11-12,14-16,24,37H,2-10,27-28H2,1H3,(H,32,36)(H,33,40)(H,34,38)(H,41,42)(H,43,44)(H4,29,30,31)/t12-,14-,15+,16+,24+,26+/m1/s1. The number of carbonyl (C=O) groups excluding carboxylic acids is 5. The number of ether oxygens (including phenoxy) is 1.